The molecule has 7 heteroatoms. The minimum atomic E-state index is -0.315. The smallest absolute Gasteiger partial charge is 0.228 e. The van der Waals surface area contributed by atoms with E-state index in [2.05, 4.69) is 10.2 Å². The number of hydrogen-bond donors (Lipinski definition) is 1. The van der Waals surface area contributed by atoms with E-state index in [0.717, 1.165) is 19.4 Å². The fourth-order valence-corrected chi connectivity index (χ4v) is 3.70. The van der Waals surface area contributed by atoms with Crippen molar-refractivity contribution in [2.45, 2.75) is 19.4 Å². The minimum Gasteiger partial charge on any atom is -0.493 e. The highest BCUT2D eigenvalue weighted by atomic mass is 35.5. The molecule has 1 N–H and O–H groups in total. The number of benzene rings is 2. The predicted molar refractivity (Wildman–Crippen MR) is 108 cm³/mol. The predicted octanol–water partition coefficient (Wildman–Crippen LogP) is 4.35. The number of rotatable bonds is 6. The van der Waals surface area contributed by atoms with Gasteiger partial charge in [-0.15, -0.1) is 0 Å². The van der Waals surface area contributed by atoms with E-state index >= 15 is 0 Å². The number of ether oxygens (including phenoxy) is 2. The first-order valence-electron chi connectivity index (χ1n) is 9.20. The fourth-order valence-electron chi connectivity index (χ4n) is 3.48. The van der Waals surface area contributed by atoms with Gasteiger partial charge in [-0.05, 0) is 43.7 Å². The molecular weight excluding hydrogens is 383 g/mol. The normalized spacial score (nSPS) is 17.2. The van der Waals surface area contributed by atoms with E-state index in [9.17, 15) is 9.18 Å². The van der Waals surface area contributed by atoms with Crippen molar-refractivity contribution in [3.63, 3.8) is 0 Å². The van der Waals surface area contributed by atoms with Crippen LogP contribution in [0.2, 0.25) is 5.02 Å². The molecule has 1 atom stereocenters. The molecule has 3 rings (SSSR count). The van der Waals surface area contributed by atoms with Crippen LogP contribution in [0.5, 0.6) is 11.5 Å². The third kappa shape index (κ3) is 4.75. The Labute approximate surface area is 169 Å². The molecule has 0 spiro atoms. The van der Waals surface area contributed by atoms with Crippen LogP contribution in [0.1, 0.15) is 18.4 Å². The lowest BCUT2D eigenvalue weighted by Gasteiger charge is -2.32. The van der Waals surface area contributed by atoms with E-state index in [-0.39, 0.29) is 17.6 Å². The number of methoxy groups -OCH3 is 2. The van der Waals surface area contributed by atoms with Gasteiger partial charge in [0, 0.05) is 35.4 Å². The molecule has 5 nitrogen and oxygen atoms in total. The van der Waals surface area contributed by atoms with Crippen LogP contribution in [-0.2, 0) is 11.3 Å². The number of likely N-dealkylation sites (tertiary alicyclic amines) is 1. The summed E-state index contributed by atoms with van der Waals surface area (Å²) in [7, 11) is 3.12. The molecule has 0 radical (unpaired) electrons. The summed E-state index contributed by atoms with van der Waals surface area (Å²) in [6.45, 7) is 1.76. The van der Waals surface area contributed by atoms with Crippen molar-refractivity contribution in [2.75, 3.05) is 32.6 Å². The topological polar surface area (TPSA) is 50.8 Å². The highest BCUT2D eigenvalue weighted by Gasteiger charge is 2.27. The number of anilines is 1. The number of hydrogen-bond acceptors (Lipinski definition) is 4. The molecule has 0 aromatic heterocycles. The average Bonchev–Trinajstić information content (AvgIpc) is 2.71. The van der Waals surface area contributed by atoms with Gasteiger partial charge in [-0.25, -0.2) is 4.39 Å². The Hall–Kier alpha value is -2.31. The molecule has 1 unspecified atom stereocenters. The Balaban J connectivity index is 1.64. The fraction of sp³-hybridized carbons (Fsp3) is 0.381. The van der Waals surface area contributed by atoms with Crippen molar-refractivity contribution in [3.8, 4) is 11.5 Å². The lowest BCUT2D eigenvalue weighted by Crippen LogP contribution is -2.40. The number of nitrogens with zero attached hydrogens (tertiary/aromatic N) is 1. The Morgan fingerprint density at radius 1 is 1.25 bits per heavy atom. The summed E-state index contributed by atoms with van der Waals surface area (Å²) in [6, 6.07) is 9.95. The summed E-state index contributed by atoms with van der Waals surface area (Å²) in [5, 5.41) is 3.36. The van der Waals surface area contributed by atoms with E-state index in [4.69, 9.17) is 21.1 Å². The van der Waals surface area contributed by atoms with Crippen LogP contribution >= 0.6 is 11.6 Å². The molecular formula is C21H24ClFN2O3. The number of piperidine rings is 1. The van der Waals surface area contributed by atoms with Crippen molar-refractivity contribution >= 4 is 23.2 Å². The maximum Gasteiger partial charge on any atom is 0.228 e. The van der Waals surface area contributed by atoms with Crippen molar-refractivity contribution in [2.24, 2.45) is 5.92 Å². The first-order chi connectivity index (χ1) is 13.5. The standard InChI is InChI=1S/C21H24ClFN2O3/c1-27-19-9-8-15(11-20(19)28-2)24-21(26)14-5-4-10-25(12-14)13-16-17(22)6-3-7-18(16)23/h3,6-9,11,14H,4-5,10,12-13H2,1-2H3,(H,24,26). The quantitative estimate of drug-likeness (QED) is 0.775. The molecule has 150 valence electrons. The summed E-state index contributed by atoms with van der Waals surface area (Å²) >= 11 is 6.14. The first kappa shape index (κ1) is 20.4. The molecule has 28 heavy (non-hydrogen) atoms. The Morgan fingerprint density at radius 2 is 2.04 bits per heavy atom. The molecule has 1 amide bonds. The second kappa shape index (κ2) is 9.26. The van der Waals surface area contributed by atoms with Gasteiger partial charge in [0.15, 0.2) is 11.5 Å². The molecule has 0 bridgehead atoms. The van der Waals surface area contributed by atoms with E-state index in [1.807, 2.05) is 0 Å². The van der Waals surface area contributed by atoms with E-state index in [1.165, 1.54) is 6.07 Å². The molecule has 2 aromatic carbocycles. The highest BCUT2D eigenvalue weighted by molar-refractivity contribution is 6.31. The van der Waals surface area contributed by atoms with Crippen LogP contribution < -0.4 is 14.8 Å². The second-order valence-corrected chi connectivity index (χ2v) is 7.24. The van der Waals surface area contributed by atoms with Gasteiger partial charge < -0.3 is 14.8 Å². The van der Waals surface area contributed by atoms with Gasteiger partial charge in [0.2, 0.25) is 5.91 Å². The van der Waals surface area contributed by atoms with Crippen molar-refractivity contribution in [1.82, 2.24) is 4.90 Å². The molecule has 2 aromatic rings. The number of nitrogens with one attached hydrogen (secondary N) is 1. The highest BCUT2D eigenvalue weighted by Crippen LogP contribution is 2.30. The van der Waals surface area contributed by atoms with Gasteiger partial charge in [0.1, 0.15) is 5.82 Å². The molecule has 0 saturated carbocycles. The molecule has 0 aliphatic carbocycles. The molecule has 1 heterocycles. The summed E-state index contributed by atoms with van der Waals surface area (Å²) in [5.74, 6) is 0.610. The van der Waals surface area contributed by atoms with Crippen LogP contribution in [0.4, 0.5) is 10.1 Å². The maximum absolute atomic E-state index is 14.1. The summed E-state index contributed by atoms with van der Waals surface area (Å²) < 4.78 is 24.6. The van der Waals surface area contributed by atoms with Crippen molar-refractivity contribution in [1.29, 1.82) is 0 Å². The van der Waals surface area contributed by atoms with Crippen LogP contribution in [0, 0.1) is 11.7 Å². The van der Waals surface area contributed by atoms with E-state index in [1.54, 1.807) is 44.6 Å². The summed E-state index contributed by atoms with van der Waals surface area (Å²) in [4.78, 5) is 14.8. The van der Waals surface area contributed by atoms with Gasteiger partial charge in [-0.3, -0.25) is 9.69 Å². The molecule has 1 saturated heterocycles. The zero-order chi connectivity index (χ0) is 20.1. The van der Waals surface area contributed by atoms with Crippen LogP contribution in [-0.4, -0.2) is 38.1 Å². The van der Waals surface area contributed by atoms with Gasteiger partial charge >= 0.3 is 0 Å². The monoisotopic (exact) mass is 406 g/mol. The van der Waals surface area contributed by atoms with Gasteiger partial charge in [-0.2, -0.15) is 0 Å². The Morgan fingerprint density at radius 3 is 2.75 bits per heavy atom. The third-order valence-electron chi connectivity index (χ3n) is 4.97. The SMILES string of the molecule is COc1ccc(NC(=O)C2CCCN(Cc3c(F)cccc3Cl)C2)cc1OC. The van der Waals surface area contributed by atoms with Crippen molar-refractivity contribution < 1.29 is 18.7 Å². The molecule has 1 aliphatic heterocycles. The molecule has 1 fully saturated rings. The van der Waals surface area contributed by atoms with E-state index < -0.39 is 0 Å². The van der Waals surface area contributed by atoms with Gasteiger partial charge in [0.25, 0.3) is 0 Å². The van der Waals surface area contributed by atoms with Crippen LogP contribution in [0.25, 0.3) is 0 Å². The Kier molecular flexibility index (Phi) is 6.75. The number of carbonyl (C=O) groups is 1. The number of halogens is 2. The average molecular weight is 407 g/mol. The third-order valence-corrected chi connectivity index (χ3v) is 5.32. The van der Waals surface area contributed by atoms with Crippen molar-refractivity contribution in [3.05, 3.63) is 52.8 Å². The molecule has 1 aliphatic rings. The summed E-state index contributed by atoms with van der Waals surface area (Å²) in [5.41, 5.74) is 1.13. The van der Waals surface area contributed by atoms with Gasteiger partial charge in [0.05, 0.1) is 20.1 Å². The van der Waals surface area contributed by atoms with Gasteiger partial charge in [-0.1, -0.05) is 17.7 Å². The zero-order valence-corrected chi connectivity index (χ0v) is 16.8. The minimum absolute atomic E-state index is 0.0587. The Bertz CT molecular complexity index is 826. The van der Waals surface area contributed by atoms with E-state index in [0.29, 0.717) is 40.9 Å². The summed E-state index contributed by atoms with van der Waals surface area (Å²) in [6.07, 6.45) is 1.66. The first-order valence-corrected chi connectivity index (χ1v) is 9.57. The second-order valence-electron chi connectivity index (χ2n) is 6.83. The lowest BCUT2D eigenvalue weighted by molar-refractivity contribution is -0.121. The lowest BCUT2D eigenvalue weighted by atomic mass is 9.96. The van der Waals surface area contributed by atoms with Crippen LogP contribution in [0.15, 0.2) is 36.4 Å². The number of carbonyl (C=O) groups excluding carboxylic acids is 1. The van der Waals surface area contributed by atoms with Crippen LogP contribution in [0.3, 0.4) is 0 Å². The maximum atomic E-state index is 14.1. The zero-order valence-electron chi connectivity index (χ0n) is 16.0. The number of amides is 1. The largest absolute Gasteiger partial charge is 0.493 e.